The van der Waals surface area contributed by atoms with Gasteiger partial charge >= 0.3 is 0 Å². The molecule has 8 unspecified atom stereocenters. The first-order chi connectivity index (χ1) is 8.59. The zero-order chi connectivity index (χ0) is 12.9. The van der Waals surface area contributed by atoms with Crippen molar-refractivity contribution < 1.29 is 18.6 Å². The maximum Gasteiger partial charge on any atom is 0.152 e. The molecular weight excluding hydrogens is 238 g/mol. The van der Waals surface area contributed by atoms with Gasteiger partial charge in [0.2, 0.25) is 0 Å². The van der Waals surface area contributed by atoms with Crippen molar-refractivity contribution in [3.05, 3.63) is 0 Å². The Morgan fingerprint density at radius 1 is 0.944 bits per heavy atom. The van der Waals surface area contributed by atoms with Gasteiger partial charge in [-0.1, -0.05) is 6.92 Å². The summed E-state index contributed by atoms with van der Waals surface area (Å²) in [5, 5.41) is 9.58. The van der Waals surface area contributed by atoms with Crippen LogP contribution < -0.4 is 0 Å². The zero-order valence-electron chi connectivity index (χ0n) is 10.8. The molecule has 18 heavy (non-hydrogen) atoms. The number of halogens is 2. The third kappa shape index (κ3) is 1.88. The number of ether oxygens (including phenoxy) is 1. The van der Waals surface area contributed by atoms with E-state index in [4.69, 9.17) is 4.74 Å². The minimum atomic E-state index is -1.29. The van der Waals surface area contributed by atoms with E-state index in [-0.39, 0.29) is 23.7 Å². The minimum absolute atomic E-state index is 0.0579. The summed E-state index contributed by atoms with van der Waals surface area (Å²) >= 11 is 0. The molecule has 3 aliphatic rings. The van der Waals surface area contributed by atoms with Crippen LogP contribution in [0.2, 0.25) is 0 Å². The molecule has 2 aliphatic carbocycles. The van der Waals surface area contributed by atoms with Crippen molar-refractivity contribution in [2.45, 2.75) is 57.2 Å². The summed E-state index contributed by atoms with van der Waals surface area (Å²) in [6, 6.07) is 0. The number of fused-ring (bicyclic) bond motifs is 3. The van der Waals surface area contributed by atoms with Crippen LogP contribution in [0.3, 0.4) is 0 Å². The van der Waals surface area contributed by atoms with E-state index in [0.29, 0.717) is 13.0 Å². The van der Waals surface area contributed by atoms with Crippen molar-refractivity contribution in [3.8, 4) is 0 Å². The fraction of sp³-hybridized carbons (Fsp3) is 1.00. The predicted molar refractivity (Wildman–Crippen MR) is 63.6 cm³/mol. The molecule has 3 rings (SSSR count). The predicted octanol–water partition coefficient (Wildman–Crippen LogP) is 2.49. The highest BCUT2D eigenvalue weighted by molar-refractivity contribution is 5.00. The molecule has 1 N–H and O–H groups in total. The average molecular weight is 260 g/mol. The van der Waals surface area contributed by atoms with Crippen LogP contribution in [-0.4, -0.2) is 36.3 Å². The summed E-state index contributed by atoms with van der Waals surface area (Å²) < 4.78 is 33.8. The number of aliphatic hydroxyl groups is 1. The Morgan fingerprint density at radius 3 is 2.44 bits per heavy atom. The molecule has 0 aromatic carbocycles. The van der Waals surface area contributed by atoms with Gasteiger partial charge in [-0.3, -0.25) is 0 Å². The normalized spacial score (nSPS) is 56.7. The molecule has 0 bridgehead atoms. The Morgan fingerprint density at radius 2 is 1.67 bits per heavy atom. The molecule has 0 aromatic rings. The van der Waals surface area contributed by atoms with Crippen LogP contribution in [0.4, 0.5) is 8.78 Å². The number of hydrogen-bond acceptors (Lipinski definition) is 2. The minimum Gasteiger partial charge on any atom is -0.390 e. The molecule has 0 amide bonds. The smallest absolute Gasteiger partial charge is 0.152 e. The van der Waals surface area contributed by atoms with Crippen LogP contribution in [0.1, 0.15) is 32.6 Å². The summed E-state index contributed by atoms with van der Waals surface area (Å²) in [5.41, 5.74) is 0. The van der Waals surface area contributed by atoms with Gasteiger partial charge in [-0.05, 0) is 43.4 Å². The SMILES string of the molecule is CC1CCC2C(COC3C(F)C(O)CCC23)C1F. The van der Waals surface area contributed by atoms with E-state index in [1.807, 2.05) is 6.92 Å². The highest BCUT2D eigenvalue weighted by Crippen LogP contribution is 2.49. The van der Waals surface area contributed by atoms with Crippen molar-refractivity contribution in [1.82, 2.24) is 0 Å². The van der Waals surface area contributed by atoms with Crippen molar-refractivity contribution in [2.75, 3.05) is 6.61 Å². The maximum absolute atomic E-state index is 14.2. The molecule has 8 atom stereocenters. The molecule has 2 saturated carbocycles. The van der Waals surface area contributed by atoms with E-state index >= 15 is 0 Å². The molecule has 104 valence electrons. The standard InChI is InChI=1S/C14H22F2O2/c1-7-2-3-8-9-4-5-11(17)13(16)14(9)18-6-10(8)12(7)15/h7-14,17H,2-6H2,1H3. The van der Waals surface area contributed by atoms with Gasteiger partial charge < -0.3 is 9.84 Å². The molecule has 1 aliphatic heterocycles. The van der Waals surface area contributed by atoms with Crippen molar-refractivity contribution in [3.63, 3.8) is 0 Å². The third-order valence-corrected chi connectivity index (χ3v) is 5.39. The van der Waals surface area contributed by atoms with Crippen molar-refractivity contribution in [1.29, 1.82) is 0 Å². The van der Waals surface area contributed by atoms with Crippen LogP contribution in [0, 0.1) is 23.7 Å². The zero-order valence-corrected chi connectivity index (χ0v) is 10.8. The first-order valence-electron chi connectivity index (χ1n) is 7.17. The molecule has 0 aromatic heterocycles. The lowest BCUT2D eigenvalue weighted by Crippen LogP contribution is -2.56. The van der Waals surface area contributed by atoms with E-state index in [2.05, 4.69) is 0 Å². The Kier molecular flexibility index (Phi) is 3.35. The van der Waals surface area contributed by atoms with E-state index < -0.39 is 24.6 Å². The fourth-order valence-electron chi connectivity index (χ4n) is 4.27. The van der Waals surface area contributed by atoms with Crippen LogP contribution in [0.25, 0.3) is 0 Å². The Balaban J connectivity index is 1.78. The first-order valence-corrected chi connectivity index (χ1v) is 7.17. The van der Waals surface area contributed by atoms with Gasteiger partial charge in [-0.15, -0.1) is 0 Å². The quantitative estimate of drug-likeness (QED) is 0.725. The molecule has 2 nitrogen and oxygen atoms in total. The number of rotatable bonds is 0. The van der Waals surface area contributed by atoms with Gasteiger partial charge in [0.15, 0.2) is 6.17 Å². The largest absolute Gasteiger partial charge is 0.390 e. The summed E-state index contributed by atoms with van der Waals surface area (Å²) in [6.45, 7) is 2.28. The third-order valence-electron chi connectivity index (χ3n) is 5.39. The monoisotopic (exact) mass is 260 g/mol. The Labute approximate surface area is 107 Å². The van der Waals surface area contributed by atoms with Crippen LogP contribution >= 0.6 is 0 Å². The fourth-order valence-corrected chi connectivity index (χ4v) is 4.27. The molecule has 1 saturated heterocycles. The van der Waals surface area contributed by atoms with E-state index in [1.165, 1.54) is 0 Å². The van der Waals surface area contributed by atoms with Gasteiger partial charge in [0.25, 0.3) is 0 Å². The number of alkyl halides is 2. The van der Waals surface area contributed by atoms with Gasteiger partial charge in [0.1, 0.15) is 6.17 Å². The van der Waals surface area contributed by atoms with E-state index in [1.54, 1.807) is 0 Å². The van der Waals surface area contributed by atoms with Crippen LogP contribution in [-0.2, 0) is 4.74 Å². The van der Waals surface area contributed by atoms with E-state index in [0.717, 1.165) is 19.3 Å². The van der Waals surface area contributed by atoms with Crippen molar-refractivity contribution in [2.24, 2.45) is 23.7 Å². The highest BCUT2D eigenvalue weighted by Gasteiger charge is 2.52. The Hall–Kier alpha value is -0.220. The molecule has 4 heteroatoms. The van der Waals surface area contributed by atoms with Gasteiger partial charge in [-0.25, -0.2) is 8.78 Å². The molecule has 1 heterocycles. The van der Waals surface area contributed by atoms with Gasteiger partial charge in [0, 0.05) is 5.92 Å². The average Bonchev–Trinajstić information content (AvgIpc) is 2.38. The van der Waals surface area contributed by atoms with E-state index in [9.17, 15) is 13.9 Å². The maximum atomic E-state index is 14.2. The van der Waals surface area contributed by atoms with Crippen LogP contribution in [0.15, 0.2) is 0 Å². The first kappa shape index (κ1) is 12.8. The second-order valence-corrected chi connectivity index (χ2v) is 6.38. The summed E-state index contributed by atoms with van der Waals surface area (Å²) in [6.07, 6.45) is -0.362. The number of hydrogen-bond donors (Lipinski definition) is 1. The topological polar surface area (TPSA) is 29.5 Å². The van der Waals surface area contributed by atoms with Crippen molar-refractivity contribution >= 4 is 0 Å². The summed E-state index contributed by atoms with van der Waals surface area (Å²) in [4.78, 5) is 0. The summed E-state index contributed by atoms with van der Waals surface area (Å²) in [7, 11) is 0. The second-order valence-electron chi connectivity index (χ2n) is 6.38. The molecule has 0 spiro atoms. The lowest BCUT2D eigenvalue weighted by atomic mass is 9.62. The highest BCUT2D eigenvalue weighted by atomic mass is 19.1. The Bertz CT molecular complexity index is 282. The second kappa shape index (κ2) is 4.71. The molecule has 0 radical (unpaired) electrons. The number of aliphatic hydroxyl groups excluding tert-OH is 1. The lowest BCUT2D eigenvalue weighted by Gasteiger charge is -2.51. The lowest BCUT2D eigenvalue weighted by molar-refractivity contribution is -0.188. The van der Waals surface area contributed by atoms with Crippen LogP contribution in [0.5, 0.6) is 0 Å². The molecular formula is C14H22F2O2. The van der Waals surface area contributed by atoms with Gasteiger partial charge in [0.05, 0.1) is 18.8 Å². The molecule has 3 fully saturated rings. The van der Waals surface area contributed by atoms with Gasteiger partial charge in [-0.2, -0.15) is 0 Å². The summed E-state index contributed by atoms with van der Waals surface area (Å²) in [5.74, 6) is 0.396.